The second-order valence-corrected chi connectivity index (χ2v) is 3.89. The van der Waals surface area contributed by atoms with Gasteiger partial charge in [-0.1, -0.05) is 0 Å². The Bertz CT molecular complexity index is 609. The lowest BCUT2D eigenvalue weighted by molar-refractivity contribution is 0.0921. The minimum atomic E-state index is -0.177. The summed E-state index contributed by atoms with van der Waals surface area (Å²) in [5, 5.41) is 17.8. The van der Waals surface area contributed by atoms with E-state index in [1.165, 1.54) is 12.1 Å². The Kier molecular flexibility index (Phi) is 3.79. The lowest BCUT2D eigenvalue weighted by Crippen LogP contribution is -2.11. The summed E-state index contributed by atoms with van der Waals surface area (Å²) < 4.78 is 5.33. The summed E-state index contributed by atoms with van der Waals surface area (Å²) in [6.45, 7) is -0.0866. The number of nitrogens with zero attached hydrogens (tertiary/aromatic N) is 1. The Hall–Kier alpha value is -2.80. The summed E-state index contributed by atoms with van der Waals surface area (Å²) in [6, 6.07) is 14.5. The fourth-order valence-corrected chi connectivity index (χ4v) is 1.51. The molecule has 2 rings (SSSR count). The Balaban J connectivity index is 1.96. The van der Waals surface area contributed by atoms with Crippen molar-refractivity contribution in [1.29, 1.82) is 5.26 Å². The van der Waals surface area contributed by atoms with Gasteiger partial charge in [0.2, 0.25) is 0 Å². The van der Waals surface area contributed by atoms with E-state index in [4.69, 9.17) is 15.1 Å². The zero-order chi connectivity index (χ0) is 13.7. The molecule has 2 aromatic rings. The minimum Gasteiger partial charge on any atom is -0.508 e. The van der Waals surface area contributed by atoms with Crippen molar-refractivity contribution >= 4 is 5.78 Å². The zero-order valence-corrected chi connectivity index (χ0v) is 10.0. The van der Waals surface area contributed by atoms with Gasteiger partial charge in [0.15, 0.2) is 12.4 Å². The molecule has 0 aliphatic heterocycles. The van der Waals surface area contributed by atoms with Gasteiger partial charge in [-0.05, 0) is 48.5 Å². The maximum Gasteiger partial charge on any atom is 0.200 e. The van der Waals surface area contributed by atoms with Crippen LogP contribution in [0.1, 0.15) is 15.9 Å². The molecule has 0 saturated heterocycles. The van der Waals surface area contributed by atoms with Gasteiger partial charge in [-0.25, -0.2) is 0 Å². The molecule has 2 aromatic carbocycles. The Morgan fingerprint density at radius 2 is 1.74 bits per heavy atom. The highest BCUT2D eigenvalue weighted by Gasteiger charge is 2.06. The number of aromatic hydroxyl groups is 1. The van der Waals surface area contributed by atoms with Crippen molar-refractivity contribution < 1.29 is 14.6 Å². The highest BCUT2D eigenvalue weighted by Crippen LogP contribution is 2.13. The number of benzene rings is 2. The maximum atomic E-state index is 11.8. The predicted molar refractivity (Wildman–Crippen MR) is 69.1 cm³/mol. The molecule has 0 amide bonds. The average Bonchev–Trinajstić information content (AvgIpc) is 2.46. The maximum absolute atomic E-state index is 11.8. The van der Waals surface area contributed by atoms with Crippen molar-refractivity contribution in [2.45, 2.75) is 0 Å². The van der Waals surface area contributed by atoms with Gasteiger partial charge in [-0.3, -0.25) is 4.79 Å². The number of nitriles is 1. The van der Waals surface area contributed by atoms with E-state index in [0.717, 1.165) is 0 Å². The summed E-state index contributed by atoms with van der Waals surface area (Å²) in [5.41, 5.74) is 1.02. The van der Waals surface area contributed by atoms with Crippen LogP contribution < -0.4 is 4.74 Å². The largest absolute Gasteiger partial charge is 0.508 e. The molecule has 1 N–H and O–H groups in total. The average molecular weight is 253 g/mol. The number of hydrogen-bond donors (Lipinski definition) is 1. The van der Waals surface area contributed by atoms with Crippen molar-refractivity contribution in [1.82, 2.24) is 0 Å². The molecule has 19 heavy (non-hydrogen) atoms. The van der Waals surface area contributed by atoms with E-state index >= 15 is 0 Å². The molecule has 0 aliphatic rings. The van der Waals surface area contributed by atoms with Gasteiger partial charge in [0.05, 0.1) is 11.6 Å². The van der Waals surface area contributed by atoms with Crippen LogP contribution in [0.2, 0.25) is 0 Å². The third-order valence-electron chi connectivity index (χ3n) is 2.54. The molecule has 4 nitrogen and oxygen atoms in total. The Morgan fingerprint density at radius 1 is 1.11 bits per heavy atom. The molecule has 0 aliphatic carbocycles. The summed E-state index contributed by atoms with van der Waals surface area (Å²) in [7, 11) is 0. The van der Waals surface area contributed by atoms with Gasteiger partial charge in [-0.2, -0.15) is 5.26 Å². The molecule has 0 saturated carbocycles. The third kappa shape index (κ3) is 3.33. The molecule has 4 heteroatoms. The summed E-state index contributed by atoms with van der Waals surface area (Å²) >= 11 is 0. The molecular weight excluding hydrogens is 242 g/mol. The van der Waals surface area contributed by atoms with Crippen molar-refractivity contribution in [2.75, 3.05) is 6.61 Å². The van der Waals surface area contributed by atoms with Crippen molar-refractivity contribution in [3.63, 3.8) is 0 Å². The molecule has 0 heterocycles. The van der Waals surface area contributed by atoms with E-state index in [1.807, 2.05) is 6.07 Å². The van der Waals surface area contributed by atoms with E-state index in [9.17, 15) is 4.79 Å². The lowest BCUT2D eigenvalue weighted by atomic mass is 10.1. The molecule has 0 fully saturated rings. The highest BCUT2D eigenvalue weighted by molar-refractivity contribution is 5.97. The number of ether oxygens (including phenoxy) is 1. The number of Topliss-reactive ketones (excluding diaryl/α,β-unsaturated/α-hetero) is 1. The number of phenols is 1. The monoisotopic (exact) mass is 253 g/mol. The number of ketones is 1. The van der Waals surface area contributed by atoms with Gasteiger partial charge >= 0.3 is 0 Å². The van der Waals surface area contributed by atoms with Gasteiger partial charge < -0.3 is 9.84 Å². The third-order valence-corrected chi connectivity index (χ3v) is 2.54. The van der Waals surface area contributed by atoms with E-state index < -0.39 is 0 Å². The van der Waals surface area contributed by atoms with Gasteiger partial charge in [-0.15, -0.1) is 0 Å². The van der Waals surface area contributed by atoms with Gasteiger partial charge in [0.1, 0.15) is 11.5 Å². The van der Waals surface area contributed by atoms with E-state index in [0.29, 0.717) is 16.9 Å². The topological polar surface area (TPSA) is 70.3 Å². The van der Waals surface area contributed by atoms with Crippen LogP contribution >= 0.6 is 0 Å². The molecule has 0 spiro atoms. The van der Waals surface area contributed by atoms with E-state index in [2.05, 4.69) is 0 Å². The van der Waals surface area contributed by atoms with Crippen LogP contribution in [-0.2, 0) is 0 Å². The first-order valence-corrected chi connectivity index (χ1v) is 5.64. The van der Waals surface area contributed by atoms with Crippen LogP contribution in [0, 0.1) is 11.3 Å². The Labute approximate surface area is 110 Å². The van der Waals surface area contributed by atoms with Crippen LogP contribution in [0.5, 0.6) is 11.5 Å². The summed E-state index contributed by atoms with van der Waals surface area (Å²) in [4.78, 5) is 11.8. The second-order valence-electron chi connectivity index (χ2n) is 3.89. The van der Waals surface area contributed by atoms with E-state index in [-0.39, 0.29) is 18.1 Å². The fourth-order valence-electron chi connectivity index (χ4n) is 1.51. The molecule has 0 radical (unpaired) electrons. The van der Waals surface area contributed by atoms with Gasteiger partial charge in [0, 0.05) is 5.56 Å². The minimum absolute atomic E-state index is 0.0866. The first-order valence-electron chi connectivity index (χ1n) is 5.64. The molecule has 0 bridgehead atoms. The SMILES string of the molecule is N#Cc1ccc(OCC(=O)c2ccc(O)cc2)cc1. The molecule has 0 aromatic heterocycles. The first-order chi connectivity index (χ1) is 9.19. The van der Waals surface area contributed by atoms with Gasteiger partial charge in [0.25, 0.3) is 0 Å². The molecule has 0 atom stereocenters. The van der Waals surface area contributed by atoms with Crippen LogP contribution in [-0.4, -0.2) is 17.5 Å². The van der Waals surface area contributed by atoms with Crippen molar-refractivity contribution in [3.8, 4) is 17.6 Å². The number of rotatable bonds is 4. The number of carbonyl (C=O) groups excluding carboxylic acids is 1. The fraction of sp³-hybridized carbons (Fsp3) is 0.0667. The number of carbonyl (C=O) groups is 1. The standard InChI is InChI=1S/C15H11NO3/c16-9-11-1-7-14(8-2-11)19-10-15(18)12-3-5-13(17)6-4-12/h1-8,17H,10H2. The molecular formula is C15H11NO3. The van der Waals surface area contributed by atoms with Crippen LogP contribution in [0.25, 0.3) is 0 Å². The van der Waals surface area contributed by atoms with Crippen LogP contribution in [0.4, 0.5) is 0 Å². The summed E-state index contributed by atoms with van der Waals surface area (Å²) in [5.74, 6) is 0.472. The number of hydrogen-bond acceptors (Lipinski definition) is 4. The first kappa shape index (κ1) is 12.7. The number of phenolic OH excluding ortho intramolecular Hbond substituents is 1. The smallest absolute Gasteiger partial charge is 0.200 e. The molecule has 94 valence electrons. The second kappa shape index (κ2) is 5.69. The molecule has 0 unspecified atom stereocenters. The summed E-state index contributed by atoms with van der Waals surface area (Å²) in [6.07, 6.45) is 0. The normalized spacial score (nSPS) is 9.63. The predicted octanol–water partition coefficient (Wildman–Crippen LogP) is 2.53. The quantitative estimate of drug-likeness (QED) is 0.850. The Morgan fingerprint density at radius 3 is 2.32 bits per heavy atom. The highest BCUT2D eigenvalue weighted by atomic mass is 16.5. The van der Waals surface area contributed by atoms with Crippen molar-refractivity contribution in [3.05, 3.63) is 59.7 Å². The van der Waals surface area contributed by atoms with Crippen LogP contribution in [0.3, 0.4) is 0 Å². The van der Waals surface area contributed by atoms with E-state index in [1.54, 1.807) is 36.4 Å². The zero-order valence-electron chi connectivity index (χ0n) is 10.0. The van der Waals surface area contributed by atoms with Crippen molar-refractivity contribution in [2.24, 2.45) is 0 Å². The lowest BCUT2D eigenvalue weighted by Gasteiger charge is -2.05. The van der Waals surface area contributed by atoms with Crippen LogP contribution in [0.15, 0.2) is 48.5 Å².